The standard InChI is InChI=1S/C15H24N2O3S/c1-12-3-4-15(20-2)14(11-12)17-21(18,19)10-7-13-5-8-16-9-6-13/h3-4,11,13,16-17H,5-10H2,1-2H3. The maximum absolute atomic E-state index is 12.2. The van der Waals surface area contributed by atoms with Gasteiger partial charge in [0.2, 0.25) is 10.0 Å². The van der Waals surface area contributed by atoms with Crippen LogP contribution in [0.3, 0.4) is 0 Å². The molecule has 0 bridgehead atoms. The summed E-state index contributed by atoms with van der Waals surface area (Å²) >= 11 is 0. The second kappa shape index (κ2) is 7.13. The molecule has 0 aliphatic carbocycles. The van der Waals surface area contributed by atoms with Crippen molar-refractivity contribution in [3.8, 4) is 5.75 Å². The van der Waals surface area contributed by atoms with Gasteiger partial charge < -0.3 is 10.1 Å². The Kier molecular flexibility index (Phi) is 5.47. The zero-order chi connectivity index (χ0) is 15.3. The summed E-state index contributed by atoms with van der Waals surface area (Å²) in [5.74, 6) is 1.21. The lowest BCUT2D eigenvalue weighted by atomic mass is 9.96. The first-order valence-corrected chi connectivity index (χ1v) is 9.01. The molecule has 1 fully saturated rings. The lowest BCUT2D eigenvalue weighted by Crippen LogP contribution is -2.29. The molecule has 0 aromatic heterocycles. The van der Waals surface area contributed by atoms with E-state index in [2.05, 4.69) is 10.0 Å². The number of nitrogens with one attached hydrogen (secondary N) is 2. The van der Waals surface area contributed by atoms with Gasteiger partial charge in [0.05, 0.1) is 18.6 Å². The number of anilines is 1. The Balaban J connectivity index is 1.98. The van der Waals surface area contributed by atoms with E-state index in [1.54, 1.807) is 12.1 Å². The van der Waals surface area contributed by atoms with E-state index in [0.717, 1.165) is 31.5 Å². The van der Waals surface area contributed by atoms with E-state index in [9.17, 15) is 8.42 Å². The first kappa shape index (κ1) is 16.1. The molecule has 0 spiro atoms. The summed E-state index contributed by atoms with van der Waals surface area (Å²) in [5.41, 5.74) is 1.51. The molecule has 0 radical (unpaired) electrons. The average Bonchev–Trinajstić information content (AvgIpc) is 2.46. The van der Waals surface area contributed by atoms with Crippen LogP contribution in [0.2, 0.25) is 0 Å². The van der Waals surface area contributed by atoms with E-state index in [-0.39, 0.29) is 5.75 Å². The molecule has 1 aromatic carbocycles. The average molecular weight is 312 g/mol. The first-order chi connectivity index (χ1) is 10.00. The topological polar surface area (TPSA) is 67.4 Å². The van der Waals surface area contributed by atoms with Crippen LogP contribution >= 0.6 is 0 Å². The Labute approximate surface area is 127 Å². The number of hydrogen-bond acceptors (Lipinski definition) is 4. The van der Waals surface area contributed by atoms with E-state index < -0.39 is 10.0 Å². The molecule has 0 unspecified atom stereocenters. The summed E-state index contributed by atoms with van der Waals surface area (Å²) in [6.07, 6.45) is 2.83. The van der Waals surface area contributed by atoms with Gasteiger partial charge in [-0.25, -0.2) is 8.42 Å². The lowest BCUT2D eigenvalue weighted by Gasteiger charge is -2.22. The minimum Gasteiger partial charge on any atom is -0.495 e. The van der Waals surface area contributed by atoms with Crippen molar-refractivity contribution >= 4 is 15.7 Å². The van der Waals surface area contributed by atoms with E-state index in [1.165, 1.54) is 7.11 Å². The molecular formula is C15H24N2O3S. The van der Waals surface area contributed by atoms with Gasteiger partial charge in [0.25, 0.3) is 0 Å². The van der Waals surface area contributed by atoms with Gasteiger partial charge in [0.1, 0.15) is 5.75 Å². The van der Waals surface area contributed by atoms with Crippen LogP contribution in [-0.2, 0) is 10.0 Å². The molecule has 2 rings (SSSR count). The summed E-state index contributed by atoms with van der Waals surface area (Å²) in [7, 11) is -1.79. The Morgan fingerprint density at radius 3 is 2.71 bits per heavy atom. The van der Waals surface area contributed by atoms with Crippen LogP contribution in [0.15, 0.2) is 18.2 Å². The highest BCUT2D eigenvalue weighted by Crippen LogP contribution is 2.27. The molecule has 1 saturated heterocycles. The highest BCUT2D eigenvalue weighted by Gasteiger charge is 2.19. The van der Waals surface area contributed by atoms with Crippen LogP contribution in [0.25, 0.3) is 0 Å². The number of rotatable bonds is 6. The van der Waals surface area contributed by atoms with Crippen LogP contribution in [0.1, 0.15) is 24.8 Å². The van der Waals surface area contributed by atoms with Crippen LogP contribution in [-0.4, -0.2) is 34.4 Å². The number of sulfonamides is 1. The molecular weight excluding hydrogens is 288 g/mol. The maximum Gasteiger partial charge on any atom is 0.232 e. The van der Waals surface area contributed by atoms with Gasteiger partial charge in [-0.3, -0.25) is 4.72 Å². The van der Waals surface area contributed by atoms with Gasteiger partial charge in [-0.05, 0) is 62.9 Å². The van der Waals surface area contributed by atoms with E-state index in [0.29, 0.717) is 23.8 Å². The Hall–Kier alpha value is -1.27. The predicted octanol–water partition coefficient (Wildman–Crippen LogP) is 2.14. The van der Waals surface area contributed by atoms with Crippen molar-refractivity contribution in [2.24, 2.45) is 5.92 Å². The fraction of sp³-hybridized carbons (Fsp3) is 0.600. The number of piperidine rings is 1. The third kappa shape index (κ3) is 4.89. The smallest absolute Gasteiger partial charge is 0.232 e. The molecule has 1 aliphatic rings. The predicted molar refractivity (Wildman–Crippen MR) is 85.4 cm³/mol. The Bertz CT molecular complexity index is 566. The summed E-state index contributed by atoms with van der Waals surface area (Å²) in [6.45, 7) is 3.90. The fourth-order valence-electron chi connectivity index (χ4n) is 2.61. The molecule has 0 saturated carbocycles. The zero-order valence-electron chi connectivity index (χ0n) is 12.7. The van der Waals surface area contributed by atoms with Crippen molar-refractivity contribution < 1.29 is 13.2 Å². The minimum absolute atomic E-state index is 0.161. The molecule has 5 nitrogen and oxygen atoms in total. The summed E-state index contributed by atoms with van der Waals surface area (Å²) in [4.78, 5) is 0. The number of ether oxygens (including phenoxy) is 1. The van der Waals surface area contributed by atoms with Gasteiger partial charge in [0, 0.05) is 0 Å². The van der Waals surface area contributed by atoms with Crippen molar-refractivity contribution in [3.05, 3.63) is 23.8 Å². The molecule has 1 heterocycles. The van der Waals surface area contributed by atoms with E-state index in [4.69, 9.17) is 4.74 Å². The third-order valence-corrected chi connectivity index (χ3v) is 5.18. The van der Waals surface area contributed by atoms with Crippen LogP contribution < -0.4 is 14.8 Å². The lowest BCUT2D eigenvalue weighted by molar-refractivity contribution is 0.365. The van der Waals surface area contributed by atoms with Crippen molar-refractivity contribution in [1.82, 2.24) is 5.32 Å². The first-order valence-electron chi connectivity index (χ1n) is 7.36. The highest BCUT2D eigenvalue weighted by molar-refractivity contribution is 7.92. The molecule has 118 valence electrons. The molecule has 6 heteroatoms. The Morgan fingerprint density at radius 1 is 1.33 bits per heavy atom. The van der Waals surface area contributed by atoms with Gasteiger partial charge >= 0.3 is 0 Å². The van der Waals surface area contributed by atoms with Crippen molar-refractivity contribution in [2.45, 2.75) is 26.2 Å². The van der Waals surface area contributed by atoms with Crippen molar-refractivity contribution in [1.29, 1.82) is 0 Å². The second-order valence-electron chi connectivity index (χ2n) is 5.61. The van der Waals surface area contributed by atoms with Crippen LogP contribution in [0, 0.1) is 12.8 Å². The normalized spacial score (nSPS) is 16.7. The molecule has 1 aliphatic heterocycles. The molecule has 0 amide bonds. The summed E-state index contributed by atoms with van der Waals surface area (Å²) < 4.78 is 32.3. The van der Waals surface area contributed by atoms with Crippen LogP contribution in [0.4, 0.5) is 5.69 Å². The quantitative estimate of drug-likeness (QED) is 0.844. The maximum atomic E-state index is 12.2. The summed E-state index contributed by atoms with van der Waals surface area (Å²) in [5, 5.41) is 3.29. The minimum atomic E-state index is -3.33. The highest BCUT2D eigenvalue weighted by atomic mass is 32.2. The van der Waals surface area contributed by atoms with Crippen molar-refractivity contribution in [3.63, 3.8) is 0 Å². The number of hydrogen-bond donors (Lipinski definition) is 2. The van der Waals surface area contributed by atoms with Gasteiger partial charge in [-0.15, -0.1) is 0 Å². The van der Waals surface area contributed by atoms with Crippen molar-refractivity contribution in [2.75, 3.05) is 30.7 Å². The monoisotopic (exact) mass is 312 g/mol. The van der Waals surface area contributed by atoms with Gasteiger partial charge in [0.15, 0.2) is 0 Å². The van der Waals surface area contributed by atoms with E-state index in [1.807, 2.05) is 13.0 Å². The van der Waals surface area contributed by atoms with Crippen LogP contribution in [0.5, 0.6) is 5.75 Å². The molecule has 21 heavy (non-hydrogen) atoms. The molecule has 1 aromatic rings. The van der Waals surface area contributed by atoms with Gasteiger partial charge in [-0.2, -0.15) is 0 Å². The third-order valence-electron chi connectivity index (χ3n) is 3.87. The summed E-state index contributed by atoms with van der Waals surface area (Å²) in [6, 6.07) is 5.46. The molecule has 0 atom stereocenters. The zero-order valence-corrected chi connectivity index (χ0v) is 13.5. The van der Waals surface area contributed by atoms with Gasteiger partial charge in [-0.1, -0.05) is 6.07 Å². The number of methoxy groups -OCH3 is 1. The molecule has 2 N–H and O–H groups in total. The number of aryl methyl sites for hydroxylation is 1. The Morgan fingerprint density at radius 2 is 2.05 bits per heavy atom. The fourth-order valence-corrected chi connectivity index (χ4v) is 3.85. The van der Waals surface area contributed by atoms with E-state index >= 15 is 0 Å². The second-order valence-corrected chi connectivity index (χ2v) is 7.45. The number of benzene rings is 1. The largest absolute Gasteiger partial charge is 0.495 e. The SMILES string of the molecule is COc1ccc(C)cc1NS(=O)(=O)CCC1CCNCC1.